The molecule has 3 rings (SSSR count). The summed E-state index contributed by atoms with van der Waals surface area (Å²) in [4.78, 5) is 20.2. The fourth-order valence-electron chi connectivity index (χ4n) is 2.60. The van der Waals surface area contributed by atoms with Crippen molar-refractivity contribution in [3.05, 3.63) is 69.6 Å². The first-order valence-corrected chi connectivity index (χ1v) is 8.86. The van der Waals surface area contributed by atoms with Gasteiger partial charge in [-0.3, -0.25) is 4.79 Å². The minimum Gasteiger partial charge on any atom is -0.365 e. The summed E-state index contributed by atoms with van der Waals surface area (Å²) < 4.78 is 14.5. The molecule has 0 aliphatic heterocycles. The summed E-state index contributed by atoms with van der Waals surface area (Å²) in [5, 5.41) is 6.09. The Morgan fingerprint density at radius 1 is 1.15 bits per heavy atom. The van der Waals surface area contributed by atoms with E-state index in [1.807, 2.05) is 32.0 Å². The van der Waals surface area contributed by atoms with Crippen molar-refractivity contribution in [1.29, 1.82) is 0 Å². The molecule has 0 spiro atoms. The summed E-state index contributed by atoms with van der Waals surface area (Å²) in [6.07, 6.45) is 1.56. The van der Waals surface area contributed by atoms with Gasteiger partial charge in [0, 0.05) is 11.9 Å². The van der Waals surface area contributed by atoms with Crippen molar-refractivity contribution in [3.8, 4) is 0 Å². The topological polar surface area (TPSA) is 92.9 Å². The number of carbonyl (C=O) groups excluding carboxylic acids is 1. The summed E-state index contributed by atoms with van der Waals surface area (Å²) >= 11 is 3.35. The third kappa shape index (κ3) is 4.22. The standard InChI is InChI=1S/C19H17BrFN5O/c1-10-6-7-14(11(2)8-10)25-19-23-9-12(20)18(26-19)24-15-5-3-4-13(21)16(15)17(22)27/h3-9H,1-2H3,(H2,22,27)(H2,23,24,25,26). The number of halogens is 2. The lowest BCUT2D eigenvalue weighted by atomic mass is 10.1. The van der Waals surface area contributed by atoms with Crippen LogP contribution in [0.5, 0.6) is 0 Å². The van der Waals surface area contributed by atoms with Crippen LogP contribution >= 0.6 is 15.9 Å². The number of hydrogen-bond acceptors (Lipinski definition) is 5. The zero-order valence-electron chi connectivity index (χ0n) is 14.7. The third-order valence-corrected chi connectivity index (χ3v) is 4.47. The second-order valence-corrected chi connectivity index (χ2v) is 6.84. The Hall–Kier alpha value is -3.00. The largest absolute Gasteiger partial charge is 0.365 e. The molecule has 0 aliphatic carbocycles. The number of benzene rings is 2. The van der Waals surface area contributed by atoms with Crippen molar-refractivity contribution in [3.63, 3.8) is 0 Å². The number of aryl methyl sites for hydroxylation is 2. The monoisotopic (exact) mass is 429 g/mol. The Kier molecular flexibility index (Phi) is 5.36. The van der Waals surface area contributed by atoms with Gasteiger partial charge in [0.2, 0.25) is 5.95 Å². The molecule has 3 aromatic rings. The molecule has 0 fully saturated rings. The molecule has 1 amide bonds. The van der Waals surface area contributed by atoms with Gasteiger partial charge >= 0.3 is 0 Å². The molecular formula is C19H17BrFN5O. The number of nitrogens with one attached hydrogen (secondary N) is 2. The van der Waals surface area contributed by atoms with Crippen molar-refractivity contribution in [1.82, 2.24) is 9.97 Å². The van der Waals surface area contributed by atoms with E-state index < -0.39 is 11.7 Å². The summed E-state index contributed by atoms with van der Waals surface area (Å²) in [7, 11) is 0. The van der Waals surface area contributed by atoms with Crippen LogP contribution in [0.3, 0.4) is 0 Å². The number of rotatable bonds is 5. The van der Waals surface area contributed by atoms with Crippen molar-refractivity contribution in [2.75, 3.05) is 10.6 Å². The molecule has 0 aliphatic rings. The highest BCUT2D eigenvalue weighted by molar-refractivity contribution is 9.10. The molecule has 8 heteroatoms. The highest BCUT2D eigenvalue weighted by atomic mass is 79.9. The summed E-state index contributed by atoms with van der Waals surface area (Å²) in [5.41, 5.74) is 8.36. The van der Waals surface area contributed by atoms with Crippen LogP contribution in [-0.4, -0.2) is 15.9 Å². The van der Waals surface area contributed by atoms with Gasteiger partial charge in [-0.1, -0.05) is 23.8 Å². The molecular weight excluding hydrogens is 413 g/mol. The minimum absolute atomic E-state index is 0.222. The first kappa shape index (κ1) is 18.8. The van der Waals surface area contributed by atoms with Gasteiger partial charge < -0.3 is 16.4 Å². The predicted molar refractivity (Wildman–Crippen MR) is 107 cm³/mol. The zero-order chi connectivity index (χ0) is 19.6. The van der Waals surface area contributed by atoms with E-state index in [1.54, 1.807) is 12.3 Å². The molecule has 4 N–H and O–H groups in total. The van der Waals surface area contributed by atoms with Gasteiger partial charge in [-0.15, -0.1) is 0 Å². The number of primary amides is 1. The van der Waals surface area contributed by atoms with Crippen LogP contribution in [0.2, 0.25) is 0 Å². The lowest BCUT2D eigenvalue weighted by Crippen LogP contribution is -2.16. The van der Waals surface area contributed by atoms with Gasteiger partial charge in [0.25, 0.3) is 5.91 Å². The van der Waals surface area contributed by atoms with Crippen LogP contribution in [0.15, 0.2) is 47.1 Å². The van der Waals surface area contributed by atoms with E-state index in [-0.39, 0.29) is 11.3 Å². The van der Waals surface area contributed by atoms with E-state index in [1.165, 1.54) is 12.1 Å². The van der Waals surface area contributed by atoms with E-state index in [9.17, 15) is 9.18 Å². The SMILES string of the molecule is Cc1ccc(Nc2ncc(Br)c(Nc3cccc(F)c3C(N)=O)n2)c(C)c1. The molecule has 6 nitrogen and oxygen atoms in total. The number of nitrogens with two attached hydrogens (primary N) is 1. The molecule has 0 bridgehead atoms. The smallest absolute Gasteiger partial charge is 0.253 e. The highest BCUT2D eigenvalue weighted by Crippen LogP contribution is 2.28. The lowest BCUT2D eigenvalue weighted by molar-refractivity contribution is 0.0997. The van der Waals surface area contributed by atoms with Crippen molar-refractivity contribution < 1.29 is 9.18 Å². The van der Waals surface area contributed by atoms with E-state index >= 15 is 0 Å². The summed E-state index contributed by atoms with van der Waals surface area (Å²) in [6, 6.07) is 10.2. The Labute approximate surface area is 164 Å². The predicted octanol–water partition coefficient (Wildman–Crippen LogP) is 4.58. The molecule has 2 aromatic carbocycles. The first-order valence-electron chi connectivity index (χ1n) is 8.07. The van der Waals surface area contributed by atoms with Crippen LogP contribution in [0.1, 0.15) is 21.5 Å². The normalized spacial score (nSPS) is 10.5. The fraction of sp³-hybridized carbons (Fsp3) is 0.105. The average molecular weight is 430 g/mol. The Balaban J connectivity index is 1.93. The van der Waals surface area contributed by atoms with Gasteiger partial charge in [0.1, 0.15) is 11.6 Å². The molecule has 1 heterocycles. The van der Waals surface area contributed by atoms with Gasteiger partial charge in [-0.2, -0.15) is 4.98 Å². The molecule has 0 unspecified atom stereocenters. The van der Waals surface area contributed by atoms with Gasteiger partial charge in [0.05, 0.1) is 15.7 Å². The van der Waals surface area contributed by atoms with Crippen LogP contribution in [0.25, 0.3) is 0 Å². The van der Waals surface area contributed by atoms with E-state index in [2.05, 4.69) is 36.5 Å². The van der Waals surface area contributed by atoms with E-state index in [0.29, 0.717) is 16.2 Å². The molecule has 0 atom stereocenters. The Morgan fingerprint density at radius 2 is 1.93 bits per heavy atom. The molecule has 0 saturated carbocycles. The maximum atomic E-state index is 14.0. The number of anilines is 4. The lowest BCUT2D eigenvalue weighted by Gasteiger charge is -2.13. The van der Waals surface area contributed by atoms with Crippen LogP contribution in [-0.2, 0) is 0 Å². The molecule has 1 aromatic heterocycles. The number of aromatic nitrogens is 2. The highest BCUT2D eigenvalue weighted by Gasteiger charge is 2.16. The molecule has 0 radical (unpaired) electrons. The van der Waals surface area contributed by atoms with E-state index in [4.69, 9.17) is 5.73 Å². The van der Waals surface area contributed by atoms with Crippen molar-refractivity contribution >= 4 is 45.0 Å². The summed E-state index contributed by atoms with van der Waals surface area (Å²) in [6.45, 7) is 4.00. The zero-order valence-corrected chi connectivity index (χ0v) is 16.3. The third-order valence-electron chi connectivity index (χ3n) is 3.89. The average Bonchev–Trinajstić information content (AvgIpc) is 2.60. The summed E-state index contributed by atoms with van der Waals surface area (Å²) in [5.74, 6) is -0.851. The fourth-order valence-corrected chi connectivity index (χ4v) is 2.89. The van der Waals surface area contributed by atoms with Gasteiger partial charge in [-0.25, -0.2) is 9.37 Å². The number of carbonyl (C=O) groups is 1. The number of amides is 1. The quantitative estimate of drug-likeness (QED) is 0.551. The van der Waals surface area contributed by atoms with Crippen molar-refractivity contribution in [2.24, 2.45) is 5.73 Å². The van der Waals surface area contributed by atoms with Crippen LogP contribution in [0, 0.1) is 19.7 Å². The van der Waals surface area contributed by atoms with E-state index in [0.717, 1.165) is 16.8 Å². The second-order valence-electron chi connectivity index (χ2n) is 5.99. The number of hydrogen-bond donors (Lipinski definition) is 3. The van der Waals surface area contributed by atoms with Gasteiger partial charge in [-0.05, 0) is 53.5 Å². The molecule has 138 valence electrons. The minimum atomic E-state index is -0.866. The second kappa shape index (κ2) is 7.71. The number of nitrogens with zero attached hydrogens (tertiary/aromatic N) is 2. The van der Waals surface area contributed by atoms with Crippen LogP contribution in [0.4, 0.5) is 27.5 Å². The maximum absolute atomic E-state index is 14.0. The molecule has 0 saturated heterocycles. The molecule has 27 heavy (non-hydrogen) atoms. The first-order chi connectivity index (χ1) is 12.8. The van der Waals surface area contributed by atoms with Gasteiger partial charge in [0.15, 0.2) is 0 Å². The maximum Gasteiger partial charge on any atom is 0.253 e. The van der Waals surface area contributed by atoms with Crippen LogP contribution < -0.4 is 16.4 Å². The Bertz CT molecular complexity index is 1020. The Morgan fingerprint density at radius 3 is 2.63 bits per heavy atom. The van der Waals surface area contributed by atoms with Crippen molar-refractivity contribution in [2.45, 2.75) is 13.8 Å².